The van der Waals surface area contributed by atoms with Gasteiger partial charge in [0.15, 0.2) is 0 Å². The van der Waals surface area contributed by atoms with Gasteiger partial charge in [-0.25, -0.2) is 0 Å². The van der Waals surface area contributed by atoms with Crippen LogP contribution in [0.15, 0.2) is 17.5 Å². The van der Waals surface area contributed by atoms with Crippen molar-refractivity contribution in [2.45, 2.75) is 39.4 Å². The molecule has 3 heteroatoms. The number of morpholine rings is 1. The molecule has 0 N–H and O–H groups in total. The highest BCUT2D eigenvalue weighted by Crippen LogP contribution is 2.17. The third-order valence-electron chi connectivity index (χ3n) is 3.19. The molecule has 3 unspecified atom stereocenters. The fourth-order valence-corrected chi connectivity index (χ4v) is 3.58. The van der Waals surface area contributed by atoms with Crippen molar-refractivity contribution in [1.29, 1.82) is 0 Å². The lowest BCUT2D eigenvalue weighted by molar-refractivity contribution is -0.0708. The summed E-state index contributed by atoms with van der Waals surface area (Å²) in [4.78, 5) is 4.06. The number of rotatable bonds is 4. The summed E-state index contributed by atoms with van der Waals surface area (Å²) in [5.41, 5.74) is 0. The Morgan fingerprint density at radius 1 is 1.41 bits per heavy atom. The lowest BCUT2D eigenvalue weighted by Gasteiger charge is -2.36. The Hall–Kier alpha value is -0.380. The first-order valence-corrected chi connectivity index (χ1v) is 7.41. The van der Waals surface area contributed by atoms with E-state index in [0.717, 1.165) is 19.0 Å². The SMILES string of the molecule is CC(Cc1cccs1)CN1CC(C)OC(C)C1. The van der Waals surface area contributed by atoms with Crippen LogP contribution in [0.4, 0.5) is 0 Å². The van der Waals surface area contributed by atoms with Gasteiger partial charge in [-0.3, -0.25) is 4.90 Å². The van der Waals surface area contributed by atoms with Crippen molar-refractivity contribution in [3.63, 3.8) is 0 Å². The van der Waals surface area contributed by atoms with Crippen molar-refractivity contribution in [2.24, 2.45) is 5.92 Å². The normalized spacial score (nSPS) is 28.2. The molecule has 96 valence electrons. The van der Waals surface area contributed by atoms with Crippen LogP contribution in [0.2, 0.25) is 0 Å². The standard InChI is InChI=1S/C14H23NOS/c1-11(7-14-5-4-6-17-14)8-15-9-12(2)16-13(3)10-15/h4-6,11-13H,7-10H2,1-3H3. The van der Waals surface area contributed by atoms with Gasteiger partial charge in [-0.2, -0.15) is 0 Å². The second-order valence-electron chi connectivity index (χ2n) is 5.36. The van der Waals surface area contributed by atoms with Gasteiger partial charge < -0.3 is 4.74 Å². The van der Waals surface area contributed by atoms with Gasteiger partial charge in [-0.1, -0.05) is 13.0 Å². The average molecular weight is 253 g/mol. The zero-order chi connectivity index (χ0) is 12.3. The molecule has 1 aromatic heterocycles. The zero-order valence-corrected chi connectivity index (χ0v) is 11.9. The molecule has 0 aliphatic carbocycles. The summed E-state index contributed by atoms with van der Waals surface area (Å²) < 4.78 is 5.76. The molecular formula is C14H23NOS. The van der Waals surface area contributed by atoms with Crippen LogP contribution in [0, 0.1) is 5.92 Å². The molecule has 0 saturated carbocycles. The highest BCUT2D eigenvalue weighted by atomic mass is 32.1. The molecule has 2 heterocycles. The van der Waals surface area contributed by atoms with E-state index >= 15 is 0 Å². The van der Waals surface area contributed by atoms with E-state index in [9.17, 15) is 0 Å². The summed E-state index contributed by atoms with van der Waals surface area (Å²) in [6.07, 6.45) is 1.97. The Kier molecular flexibility index (Phi) is 4.60. The van der Waals surface area contributed by atoms with Crippen LogP contribution in [-0.4, -0.2) is 36.7 Å². The molecule has 1 aromatic rings. The van der Waals surface area contributed by atoms with Gasteiger partial charge in [0.05, 0.1) is 12.2 Å². The van der Waals surface area contributed by atoms with Gasteiger partial charge in [-0.05, 0) is 37.6 Å². The van der Waals surface area contributed by atoms with Crippen molar-refractivity contribution < 1.29 is 4.74 Å². The second-order valence-corrected chi connectivity index (χ2v) is 6.40. The number of hydrogen-bond acceptors (Lipinski definition) is 3. The quantitative estimate of drug-likeness (QED) is 0.818. The summed E-state index contributed by atoms with van der Waals surface area (Å²) in [7, 11) is 0. The van der Waals surface area contributed by atoms with E-state index in [1.807, 2.05) is 11.3 Å². The van der Waals surface area contributed by atoms with Crippen molar-refractivity contribution in [3.8, 4) is 0 Å². The van der Waals surface area contributed by atoms with Gasteiger partial charge in [0.2, 0.25) is 0 Å². The summed E-state index contributed by atoms with van der Waals surface area (Å²) in [6.45, 7) is 10.1. The van der Waals surface area contributed by atoms with Crippen molar-refractivity contribution in [1.82, 2.24) is 4.90 Å². The van der Waals surface area contributed by atoms with Crippen LogP contribution in [0.1, 0.15) is 25.6 Å². The molecular weight excluding hydrogens is 230 g/mol. The van der Waals surface area contributed by atoms with E-state index in [0.29, 0.717) is 12.2 Å². The lowest BCUT2D eigenvalue weighted by Crippen LogP contribution is -2.47. The largest absolute Gasteiger partial charge is 0.373 e. The molecule has 2 nitrogen and oxygen atoms in total. The fraction of sp³-hybridized carbons (Fsp3) is 0.714. The molecule has 0 bridgehead atoms. The van der Waals surface area contributed by atoms with Gasteiger partial charge in [0.25, 0.3) is 0 Å². The number of hydrogen-bond donors (Lipinski definition) is 0. The Morgan fingerprint density at radius 2 is 2.12 bits per heavy atom. The summed E-state index contributed by atoms with van der Waals surface area (Å²) >= 11 is 1.87. The minimum absolute atomic E-state index is 0.382. The van der Waals surface area contributed by atoms with Crippen LogP contribution >= 0.6 is 11.3 Å². The van der Waals surface area contributed by atoms with Crippen molar-refractivity contribution >= 4 is 11.3 Å². The molecule has 1 fully saturated rings. The summed E-state index contributed by atoms with van der Waals surface area (Å²) in [5.74, 6) is 0.728. The van der Waals surface area contributed by atoms with Gasteiger partial charge in [-0.15, -0.1) is 11.3 Å². The Balaban J connectivity index is 1.79. The zero-order valence-electron chi connectivity index (χ0n) is 11.1. The maximum Gasteiger partial charge on any atom is 0.0678 e. The molecule has 2 rings (SSSR count). The van der Waals surface area contributed by atoms with Crippen LogP contribution in [-0.2, 0) is 11.2 Å². The van der Waals surface area contributed by atoms with E-state index in [2.05, 4.69) is 43.2 Å². The van der Waals surface area contributed by atoms with Crippen LogP contribution in [0.5, 0.6) is 0 Å². The summed E-state index contributed by atoms with van der Waals surface area (Å²) in [5, 5.41) is 2.17. The minimum atomic E-state index is 0.382. The molecule has 17 heavy (non-hydrogen) atoms. The van der Waals surface area contributed by atoms with Crippen LogP contribution in [0.3, 0.4) is 0 Å². The number of ether oxygens (including phenoxy) is 1. The Labute approximate surface area is 109 Å². The lowest BCUT2D eigenvalue weighted by atomic mass is 10.1. The predicted molar refractivity (Wildman–Crippen MR) is 73.6 cm³/mol. The Bertz CT molecular complexity index is 315. The molecule has 1 aliphatic rings. The van der Waals surface area contributed by atoms with Gasteiger partial charge in [0, 0.05) is 24.5 Å². The highest BCUT2D eigenvalue weighted by molar-refractivity contribution is 7.09. The van der Waals surface area contributed by atoms with E-state index < -0.39 is 0 Å². The number of thiophene rings is 1. The first-order valence-electron chi connectivity index (χ1n) is 6.53. The minimum Gasteiger partial charge on any atom is -0.373 e. The van der Waals surface area contributed by atoms with E-state index in [4.69, 9.17) is 4.74 Å². The first-order chi connectivity index (χ1) is 8.13. The average Bonchev–Trinajstić information content (AvgIpc) is 2.67. The third-order valence-corrected chi connectivity index (χ3v) is 4.09. The second kappa shape index (κ2) is 5.98. The predicted octanol–water partition coefficient (Wildman–Crippen LogP) is 3.04. The van der Waals surface area contributed by atoms with Gasteiger partial charge >= 0.3 is 0 Å². The highest BCUT2D eigenvalue weighted by Gasteiger charge is 2.23. The van der Waals surface area contributed by atoms with E-state index in [-0.39, 0.29) is 0 Å². The fourth-order valence-electron chi connectivity index (χ4n) is 2.71. The van der Waals surface area contributed by atoms with Crippen molar-refractivity contribution in [2.75, 3.05) is 19.6 Å². The monoisotopic (exact) mass is 253 g/mol. The maximum atomic E-state index is 5.76. The maximum absolute atomic E-state index is 5.76. The van der Waals surface area contributed by atoms with E-state index in [1.54, 1.807) is 0 Å². The smallest absolute Gasteiger partial charge is 0.0678 e. The third kappa shape index (κ3) is 4.09. The molecule has 0 aromatic carbocycles. The molecule has 0 radical (unpaired) electrons. The summed E-state index contributed by atoms with van der Waals surface area (Å²) in [6, 6.07) is 4.39. The Morgan fingerprint density at radius 3 is 2.71 bits per heavy atom. The van der Waals surface area contributed by atoms with E-state index in [1.165, 1.54) is 17.8 Å². The van der Waals surface area contributed by atoms with Crippen molar-refractivity contribution in [3.05, 3.63) is 22.4 Å². The number of nitrogens with zero attached hydrogens (tertiary/aromatic N) is 1. The van der Waals surface area contributed by atoms with Crippen LogP contribution in [0.25, 0.3) is 0 Å². The molecule has 0 spiro atoms. The molecule has 0 amide bonds. The molecule has 1 aliphatic heterocycles. The van der Waals surface area contributed by atoms with Gasteiger partial charge in [0.1, 0.15) is 0 Å². The van der Waals surface area contributed by atoms with Crippen LogP contribution < -0.4 is 0 Å². The topological polar surface area (TPSA) is 12.5 Å². The molecule has 1 saturated heterocycles. The molecule has 3 atom stereocenters. The first kappa shape index (κ1) is 13.1.